The fourth-order valence-electron chi connectivity index (χ4n) is 1.50. The topological polar surface area (TPSA) is 61.2 Å². The molecule has 1 aromatic carbocycles. The zero-order valence-electron chi connectivity index (χ0n) is 11.4. The minimum atomic E-state index is -0.525. The fraction of sp³-hybridized carbons (Fsp3) is 0.231. The zero-order valence-corrected chi connectivity index (χ0v) is 13.8. The van der Waals surface area contributed by atoms with Crippen LogP contribution in [0.15, 0.2) is 28.6 Å². The first-order valence-corrected chi connectivity index (χ1v) is 8.37. The third-order valence-electron chi connectivity index (χ3n) is 2.46. The quantitative estimate of drug-likeness (QED) is 0.473. The van der Waals surface area contributed by atoms with E-state index in [1.165, 1.54) is 30.0 Å². The molecule has 0 aliphatic carbocycles. The largest absolute Gasteiger partial charge is 0.454 e. The van der Waals surface area contributed by atoms with Crippen LogP contribution in [0.5, 0.6) is 0 Å². The molecule has 0 amide bonds. The highest BCUT2D eigenvalue weighted by Crippen LogP contribution is 2.22. The van der Waals surface area contributed by atoms with E-state index in [4.69, 9.17) is 17.0 Å². The summed E-state index contributed by atoms with van der Waals surface area (Å²) in [6.07, 6.45) is 1.94. The van der Waals surface area contributed by atoms with Gasteiger partial charge < -0.3 is 4.74 Å². The lowest BCUT2D eigenvalue weighted by Crippen LogP contribution is -2.11. The minimum Gasteiger partial charge on any atom is -0.454 e. The number of hydrogen-bond donors (Lipinski definition) is 0. The van der Waals surface area contributed by atoms with Crippen molar-refractivity contribution in [3.05, 3.63) is 33.8 Å². The van der Waals surface area contributed by atoms with Crippen LogP contribution in [-0.2, 0) is 9.53 Å². The van der Waals surface area contributed by atoms with Gasteiger partial charge in [0.15, 0.2) is 14.1 Å². The Morgan fingerprint density at radius 1 is 1.38 bits per heavy atom. The van der Waals surface area contributed by atoms with Crippen LogP contribution in [0, 0.1) is 3.95 Å². The molecule has 2 aromatic rings. The van der Waals surface area contributed by atoms with E-state index in [2.05, 4.69) is 5.10 Å². The molecule has 0 atom stereocenters. The number of carbonyl (C=O) groups excluding carboxylic acids is 2. The number of ketones is 1. The number of benzene rings is 1. The van der Waals surface area contributed by atoms with E-state index in [-0.39, 0.29) is 12.4 Å². The summed E-state index contributed by atoms with van der Waals surface area (Å²) in [6, 6.07) is 6.73. The maximum Gasteiger partial charge on any atom is 0.338 e. The second-order valence-corrected chi connectivity index (χ2v) is 6.75. The van der Waals surface area contributed by atoms with Gasteiger partial charge in [-0.1, -0.05) is 23.1 Å². The Morgan fingerprint density at radius 2 is 2.05 bits per heavy atom. The van der Waals surface area contributed by atoms with Crippen LogP contribution < -0.4 is 0 Å². The standard InChI is InChI=1S/C13H12N2O3S3/c1-8(16)7-18-11(17)9-3-5-10(6-4-9)15-13(19)21-12(14-15)20-2/h3-6H,7H2,1-2H3. The molecule has 8 heteroatoms. The third-order valence-corrected chi connectivity index (χ3v) is 4.67. The minimum absolute atomic E-state index is 0.196. The van der Waals surface area contributed by atoms with E-state index < -0.39 is 5.97 Å². The molecule has 2 rings (SSSR count). The Balaban J connectivity index is 2.18. The van der Waals surface area contributed by atoms with Crippen molar-refractivity contribution in [1.29, 1.82) is 0 Å². The van der Waals surface area contributed by atoms with E-state index in [0.29, 0.717) is 9.52 Å². The highest BCUT2D eigenvalue weighted by molar-refractivity contribution is 8.00. The van der Waals surface area contributed by atoms with Gasteiger partial charge in [0, 0.05) is 0 Å². The SMILES string of the molecule is CSc1nn(-c2ccc(C(=O)OCC(C)=O)cc2)c(=S)s1. The molecule has 1 aromatic heterocycles. The number of ether oxygens (including phenoxy) is 1. The predicted molar refractivity (Wildman–Crippen MR) is 85.0 cm³/mol. The average Bonchev–Trinajstić information content (AvgIpc) is 2.86. The van der Waals surface area contributed by atoms with Gasteiger partial charge in [0.1, 0.15) is 6.61 Å². The van der Waals surface area contributed by atoms with Gasteiger partial charge >= 0.3 is 5.97 Å². The summed E-state index contributed by atoms with van der Waals surface area (Å²) in [5, 5.41) is 4.37. The zero-order chi connectivity index (χ0) is 15.4. The molecule has 21 heavy (non-hydrogen) atoms. The number of Topliss-reactive ketones (excluding diaryl/α,β-unsaturated/α-hetero) is 1. The summed E-state index contributed by atoms with van der Waals surface area (Å²) in [7, 11) is 0. The number of esters is 1. The lowest BCUT2D eigenvalue weighted by molar-refractivity contribution is -0.120. The molecular formula is C13H12N2O3S3. The van der Waals surface area contributed by atoms with Crippen LogP contribution in [0.4, 0.5) is 0 Å². The van der Waals surface area contributed by atoms with Gasteiger partial charge in [-0.05, 0) is 49.7 Å². The van der Waals surface area contributed by atoms with Gasteiger partial charge in [-0.3, -0.25) is 4.79 Å². The monoisotopic (exact) mass is 340 g/mol. The smallest absolute Gasteiger partial charge is 0.338 e. The molecule has 5 nitrogen and oxygen atoms in total. The van der Waals surface area contributed by atoms with Crippen molar-refractivity contribution in [1.82, 2.24) is 9.78 Å². The summed E-state index contributed by atoms with van der Waals surface area (Å²) in [4.78, 5) is 22.5. The Labute approximate surface area is 134 Å². The third kappa shape index (κ3) is 3.99. The van der Waals surface area contributed by atoms with Crippen LogP contribution >= 0.6 is 35.3 Å². The molecule has 0 saturated heterocycles. The Bertz CT molecular complexity index is 719. The van der Waals surface area contributed by atoms with Gasteiger partial charge in [-0.15, -0.1) is 5.10 Å². The van der Waals surface area contributed by atoms with Crippen molar-refractivity contribution < 1.29 is 14.3 Å². The molecule has 0 aliphatic heterocycles. The first-order valence-electron chi connectivity index (χ1n) is 5.92. The number of hydrogen-bond acceptors (Lipinski definition) is 7. The number of rotatable bonds is 5. The second kappa shape index (κ2) is 6.97. The lowest BCUT2D eigenvalue weighted by atomic mass is 10.2. The molecule has 0 N–H and O–H groups in total. The number of carbonyl (C=O) groups is 2. The number of nitrogens with zero attached hydrogens (tertiary/aromatic N) is 2. The molecule has 1 heterocycles. The maximum atomic E-state index is 11.7. The van der Waals surface area contributed by atoms with Gasteiger partial charge in [-0.25, -0.2) is 9.48 Å². The molecule has 0 bridgehead atoms. The summed E-state index contributed by atoms with van der Waals surface area (Å²) in [5.41, 5.74) is 1.16. The van der Waals surface area contributed by atoms with Crippen LogP contribution in [0.3, 0.4) is 0 Å². The Hall–Kier alpha value is -1.51. The van der Waals surface area contributed by atoms with E-state index in [9.17, 15) is 9.59 Å². The summed E-state index contributed by atoms with van der Waals surface area (Å²) < 4.78 is 8.02. The molecule has 110 valence electrons. The van der Waals surface area contributed by atoms with Crippen molar-refractivity contribution >= 4 is 47.1 Å². The van der Waals surface area contributed by atoms with Crippen molar-refractivity contribution in [2.24, 2.45) is 0 Å². The molecule has 0 spiro atoms. The van der Waals surface area contributed by atoms with Gasteiger partial charge in [-0.2, -0.15) is 0 Å². The molecular weight excluding hydrogens is 328 g/mol. The molecule has 0 fully saturated rings. The summed E-state index contributed by atoms with van der Waals surface area (Å²) in [5.74, 6) is -0.721. The summed E-state index contributed by atoms with van der Waals surface area (Å²) in [6.45, 7) is 1.15. The van der Waals surface area contributed by atoms with Crippen molar-refractivity contribution in [2.75, 3.05) is 12.9 Å². The summed E-state index contributed by atoms with van der Waals surface area (Å²) >= 11 is 8.21. The highest BCUT2D eigenvalue weighted by atomic mass is 32.2. The lowest BCUT2D eigenvalue weighted by Gasteiger charge is -2.04. The van der Waals surface area contributed by atoms with Crippen molar-refractivity contribution in [3.63, 3.8) is 0 Å². The first kappa shape index (κ1) is 15.9. The second-order valence-electron chi connectivity index (χ2n) is 4.07. The fourth-order valence-corrected chi connectivity index (χ4v) is 3.27. The first-order chi connectivity index (χ1) is 10.0. The van der Waals surface area contributed by atoms with E-state index in [1.807, 2.05) is 6.26 Å². The average molecular weight is 340 g/mol. The Morgan fingerprint density at radius 3 is 2.57 bits per heavy atom. The normalized spacial score (nSPS) is 10.4. The Kier molecular flexibility index (Phi) is 5.27. The highest BCUT2D eigenvalue weighted by Gasteiger charge is 2.10. The van der Waals surface area contributed by atoms with Gasteiger partial charge in [0.25, 0.3) is 0 Å². The van der Waals surface area contributed by atoms with Crippen LogP contribution in [0.1, 0.15) is 17.3 Å². The van der Waals surface area contributed by atoms with E-state index >= 15 is 0 Å². The van der Waals surface area contributed by atoms with Crippen molar-refractivity contribution in [2.45, 2.75) is 11.3 Å². The van der Waals surface area contributed by atoms with Crippen molar-refractivity contribution in [3.8, 4) is 5.69 Å². The van der Waals surface area contributed by atoms with Gasteiger partial charge in [0.05, 0.1) is 11.3 Å². The number of aromatic nitrogens is 2. The molecule has 0 aliphatic rings. The van der Waals surface area contributed by atoms with Gasteiger partial charge in [0.2, 0.25) is 0 Å². The van der Waals surface area contributed by atoms with Crippen LogP contribution in [-0.4, -0.2) is 34.4 Å². The molecule has 0 saturated carbocycles. The van der Waals surface area contributed by atoms with Crippen LogP contribution in [0.2, 0.25) is 0 Å². The van der Waals surface area contributed by atoms with Crippen LogP contribution in [0.25, 0.3) is 5.69 Å². The molecule has 0 radical (unpaired) electrons. The number of thioether (sulfide) groups is 1. The molecule has 0 unspecified atom stereocenters. The predicted octanol–water partition coefficient (Wildman–Crippen LogP) is 3.13. The maximum absolute atomic E-state index is 11.7. The van der Waals surface area contributed by atoms with E-state index in [1.54, 1.807) is 28.9 Å². The van der Waals surface area contributed by atoms with E-state index in [0.717, 1.165) is 10.0 Å².